The van der Waals surface area contributed by atoms with E-state index in [0.717, 1.165) is 49.0 Å². The summed E-state index contributed by atoms with van der Waals surface area (Å²) in [5.74, 6) is 0.0416. The van der Waals surface area contributed by atoms with Crippen molar-refractivity contribution in [3.63, 3.8) is 0 Å². The molecule has 0 radical (unpaired) electrons. The van der Waals surface area contributed by atoms with Crippen LogP contribution in [-0.4, -0.2) is 35.7 Å². The maximum Gasteiger partial charge on any atom is 0.416 e. The number of hydrogen-bond donors (Lipinski definition) is 2. The van der Waals surface area contributed by atoms with Gasteiger partial charge in [-0.3, -0.25) is 0 Å². The normalized spacial score (nSPS) is 27.7. The lowest BCUT2D eigenvalue weighted by Gasteiger charge is -2.47. The van der Waals surface area contributed by atoms with Crippen LogP contribution in [0.3, 0.4) is 0 Å². The lowest BCUT2D eigenvalue weighted by atomic mass is 9.76. The molecule has 0 spiro atoms. The molecule has 3 aliphatic heterocycles. The lowest BCUT2D eigenvalue weighted by Crippen LogP contribution is -2.47. The number of thiophene rings is 1. The van der Waals surface area contributed by atoms with Crippen LogP contribution in [0, 0.1) is 5.92 Å². The second-order valence-electron chi connectivity index (χ2n) is 10.6. The van der Waals surface area contributed by atoms with Gasteiger partial charge in [-0.2, -0.15) is 13.2 Å². The van der Waals surface area contributed by atoms with E-state index < -0.39 is 23.4 Å². The summed E-state index contributed by atoms with van der Waals surface area (Å²) in [5.41, 5.74) is 1.02. The average molecular weight is 529 g/mol. The first-order valence-corrected chi connectivity index (χ1v) is 13.8. The molecule has 0 bridgehead atoms. The molecule has 2 aromatic carbocycles. The molecule has 8 heteroatoms. The second-order valence-corrected chi connectivity index (χ2v) is 11.5. The van der Waals surface area contributed by atoms with Crippen LogP contribution in [0.4, 0.5) is 18.9 Å². The minimum absolute atomic E-state index is 0.0211. The molecular weight excluding hydrogens is 497 g/mol. The minimum atomic E-state index is -4.40. The van der Waals surface area contributed by atoms with E-state index in [1.807, 2.05) is 35.7 Å². The molecule has 1 aromatic heterocycles. The maximum absolute atomic E-state index is 13.6. The van der Waals surface area contributed by atoms with E-state index in [1.54, 1.807) is 17.4 Å². The molecule has 0 saturated carbocycles. The molecule has 0 unspecified atom stereocenters. The Hall–Kier alpha value is -2.39. The molecule has 4 nitrogen and oxygen atoms in total. The van der Waals surface area contributed by atoms with Crippen molar-refractivity contribution in [3.05, 3.63) is 87.6 Å². The van der Waals surface area contributed by atoms with Crippen molar-refractivity contribution in [2.45, 2.75) is 55.7 Å². The molecular formula is C29H31F3N2O2S. The smallest absolute Gasteiger partial charge is 0.384 e. The predicted molar refractivity (Wildman–Crippen MR) is 138 cm³/mol. The number of ether oxygens (including phenoxy) is 1. The second kappa shape index (κ2) is 9.73. The summed E-state index contributed by atoms with van der Waals surface area (Å²) in [6.07, 6.45) is -1.81. The molecule has 3 aliphatic rings. The summed E-state index contributed by atoms with van der Waals surface area (Å²) in [6.45, 7) is 2.26. The highest BCUT2D eigenvalue weighted by molar-refractivity contribution is 7.10. The first-order valence-electron chi connectivity index (χ1n) is 13.0. The Balaban J connectivity index is 1.21. The van der Waals surface area contributed by atoms with Crippen LogP contribution in [0.2, 0.25) is 0 Å². The summed E-state index contributed by atoms with van der Waals surface area (Å²) in [5, 5.41) is 16.6. The third kappa shape index (κ3) is 4.92. The van der Waals surface area contributed by atoms with E-state index in [9.17, 15) is 18.3 Å². The Morgan fingerprint density at radius 2 is 1.81 bits per heavy atom. The topological polar surface area (TPSA) is 44.7 Å². The number of fused-ring (bicyclic) bond motifs is 3. The monoisotopic (exact) mass is 528 g/mol. The number of aliphatic hydroxyl groups is 1. The number of alkyl halides is 3. The highest BCUT2D eigenvalue weighted by Crippen LogP contribution is 2.51. The van der Waals surface area contributed by atoms with Crippen molar-refractivity contribution < 1.29 is 23.0 Å². The highest BCUT2D eigenvalue weighted by atomic mass is 32.1. The summed E-state index contributed by atoms with van der Waals surface area (Å²) in [6, 6.07) is 18.0. The van der Waals surface area contributed by atoms with Crippen molar-refractivity contribution in [1.29, 1.82) is 0 Å². The quantitative estimate of drug-likeness (QED) is 0.393. The number of halogens is 3. The van der Waals surface area contributed by atoms with Crippen LogP contribution in [0.25, 0.3) is 0 Å². The fourth-order valence-electron chi connectivity index (χ4n) is 6.24. The van der Waals surface area contributed by atoms with Crippen LogP contribution in [0.5, 0.6) is 0 Å². The Kier molecular flexibility index (Phi) is 6.55. The molecule has 2 N–H and O–H groups in total. The molecule has 2 fully saturated rings. The maximum atomic E-state index is 13.6. The molecule has 37 heavy (non-hydrogen) atoms. The van der Waals surface area contributed by atoms with Gasteiger partial charge in [-0.15, -0.1) is 11.3 Å². The predicted octanol–water partition coefficient (Wildman–Crippen LogP) is 6.75. The number of nitrogens with one attached hydrogen (secondary N) is 1. The van der Waals surface area contributed by atoms with E-state index in [0.29, 0.717) is 24.1 Å². The average Bonchev–Trinajstić information content (AvgIpc) is 3.46. The number of nitrogens with zero attached hydrogens (tertiary/aromatic N) is 1. The zero-order valence-corrected chi connectivity index (χ0v) is 21.3. The fourth-order valence-corrected chi connectivity index (χ4v) is 7.12. The Morgan fingerprint density at radius 3 is 2.51 bits per heavy atom. The number of rotatable bonds is 4. The number of anilines is 1. The fraction of sp³-hybridized carbons (Fsp3) is 0.448. The highest BCUT2D eigenvalue weighted by Gasteiger charge is 2.44. The van der Waals surface area contributed by atoms with E-state index in [1.165, 1.54) is 6.07 Å². The van der Waals surface area contributed by atoms with Gasteiger partial charge in [0.25, 0.3) is 0 Å². The van der Waals surface area contributed by atoms with Crippen molar-refractivity contribution in [3.8, 4) is 0 Å². The van der Waals surface area contributed by atoms with E-state index >= 15 is 0 Å². The van der Waals surface area contributed by atoms with E-state index in [2.05, 4.69) is 22.3 Å². The largest absolute Gasteiger partial charge is 0.416 e. The van der Waals surface area contributed by atoms with Crippen LogP contribution >= 0.6 is 11.3 Å². The summed E-state index contributed by atoms with van der Waals surface area (Å²) >= 11 is 1.59. The van der Waals surface area contributed by atoms with Gasteiger partial charge >= 0.3 is 6.18 Å². The molecule has 3 aromatic rings. The van der Waals surface area contributed by atoms with Crippen molar-refractivity contribution in [2.24, 2.45) is 5.92 Å². The molecule has 4 heterocycles. The molecule has 0 amide bonds. The van der Waals surface area contributed by atoms with Crippen LogP contribution < -0.4 is 5.32 Å². The van der Waals surface area contributed by atoms with Crippen LogP contribution in [-0.2, 0) is 16.5 Å². The third-order valence-corrected chi connectivity index (χ3v) is 9.32. The van der Waals surface area contributed by atoms with Gasteiger partial charge in [-0.1, -0.05) is 36.4 Å². The summed E-state index contributed by atoms with van der Waals surface area (Å²) < 4.78 is 47.4. The molecule has 4 atom stereocenters. The number of likely N-dealkylation sites (tertiary alicyclic amines) is 1. The summed E-state index contributed by atoms with van der Waals surface area (Å²) in [4.78, 5) is 3.35. The van der Waals surface area contributed by atoms with Gasteiger partial charge in [0.1, 0.15) is 5.60 Å². The molecule has 196 valence electrons. The Morgan fingerprint density at radius 1 is 1.03 bits per heavy atom. The SMILES string of the molecule is OC1(c2cccs2)CCN(C[C@H]2CC[C@@H]3[C@H](O2)c2cc(C(F)(F)F)ccc2N[C@H]3c2ccccc2)CC1. The standard InChI is InChI=1S/C29H31F3N2O2S/c30-29(31,32)20-8-11-24-23(17-20)27-22(26(33-24)19-5-2-1-3-6-19)10-9-21(36-27)18-34-14-12-28(35,13-15-34)25-7-4-16-37-25/h1-8,11,16-17,21-22,26-27,33,35H,9-10,12-15,18H2/t21-,22+,26+,27+/m1/s1. The van der Waals surface area contributed by atoms with Gasteiger partial charge in [0.05, 0.1) is 23.8 Å². The number of piperidine rings is 1. The Labute approximate surface area is 219 Å². The third-order valence-electron chi connectivity index (χ3n) is 8.26. The van der Waals surface area contributed by atoms with Gasteiger partial charge in [-0.05, 0) is 60.9 Å². The van der Waals surface area contributed by atoms with Gasteiger partial charge in [-0.25, -0.2) is 0 Å². The van der Waals surface area contributed by atoms with Gasteiger partial charge in [0, 0.05) is 41.7 Å². The van der Waals surface area contributed by atoms with Gasteiger partial charge in [0.15, 0.2) is 0 Å². The summed E-state index contributed by atoms with van der Waals surface area (Å²) in [7, 11) is 0. The first-order chi connectivity index (χ1) is 17.8. The molecule has 6 rings (SSSR count). The van der Waals surface area contributed by atoms with Gasteiger partial charge < -0.3 is 20.1 Å². The zero-order valence-electron chi connectivity index (χ0n) is 20.5. The van der Waals surface area contributed by atoms with Crippen molar-refractivity contribution >= 4 is 17.0 Å². The van der Waals surface area contributed by atoms with E-state index in [4.69, 9.17) is 4.74 Å². The zero-order chi connectivity index (χ0) is 25.6. The molecule has 0 aliphatic carbocycles. The van der Waals surface area contributed by atoms with E-state index in [-0.39, 0.29) is 18.1 Å². The van der Waals surface area contributed by atoms with Gasteiger partial charge in [0.2, 0.25) is 0 Å². The number of benzene rings is 2. The Bertz CT molecular complexity index is 1210. The van der Waals surface area contributed by atoms with Crippen molar-refractivity contribution in [1.82, 2.24) is 4.90 Å². The lowest BCUT2D eigenvalue weighted by molar-refractivity contribution is -0.138. The molecule has 2 saturated heterocycles. The van der Waals surface area contributed by atoms with Crippen LogP contribution in [0.1, 0.15) is 59.4 Å². The van der Waals surface area contributed by atoms with Crippen molar-refractivity contribution in [2.75, 3.05) is 25.0 Å². The first kappa shape index (κ1) is 24.9. The van der Waals surface area contributed by atoms with Crippen LogP contribution in [0.15, 0.2) is 66.0 Å². The minimum Gasteiger partial charge on any atom is -0.384 e. The number of hydrogen-bond acceptors (Lipinski definition) is 5.